The van der Waals surface area contributed by atoms with Gasteiger partial charge in [0, 0.05) is 18.3 Å². The van der Waals surface area contributed by atoms with Gasteiger partial charge in [-0.2, -0.15) is 5.26 Å². The highest BCUT2D eigenvalue weighted by Crippen LogP contribution is 2.12. The molecule has 118 valence electrons. The SMILES string of the molecule is COc1cccc(CCN/C=C(/C#N)C(=O)NC(C)(C)C)c1. The molecule has 0 bridgehead atoms. The molecule has 0 aliphatic heterocycles. The number of hydrogen-bond acceptors (Lipinski definition) is 4. The molecule has 0 aliphatic carbocycles. The molecule has 22 heavy (non-hydrogen) atoms. The van der Waals surface area contributed by atoms with E-state index in [1.54, 1.807) is 7.11 Å². The van der Waals surface area contributed by atoms with Crippen LogP contribution in [0.15, 0.2) is 36.0 Å². The highest BCUT2D eigenvalue weighted by Gasteiger charge is 2.16. The van der Waals surface area contributed by atoms with Gasteiger partial charge in [-0.05, 0) is 44.9 Å². The van der Waals surface area contributed by atoms with Crippen LogP contribution in [-0.2, 0) is 11.2 Å². The molecule has 0 atom stereocenters. The van der Waals surface area contributed by atoms with Gasteiger partial charge in [0.15, 0.2) is 0 Å². The lowest BCUT2D eigenvalue weighted by Gasteiger charge is -2.20. The average Bonchev–Trinajstić information content (AvgIpc) is 2.45. The Balaban J connectivity index is 2.52. The Morgan fingerprint density at radius 2 is 2.14 bits per heavy atom. The number of carbonyl (C=O) groups excluding carboxylic acids is 1. The highest BCUT2D eigenvalue weighted by molar-refractivity contribution is 5.97. The van der Waals surface area contributed by atoms with Crippen LogP contribution in [0.2, 0.25) is 0 Å². The van der Waals surface area contributed by atoms with Crippen molar-refractivity contribution in [1.82, 2.24) is 10.6 Å². The van der Waals surface area contributed by atoms with Gasteiger partial charge in [0.2, 0.25) is 0 Å². The fourth-order valence-electron chi connectivity index (χ4n) is 1.78. The van der Waals surface area contributed by atoms with Crippen molar-refractivity contribution in [3.8, 4) is 11.8 Å². The van der Waals surface area contributed by atoms with E-state index < -0.39 is 0 Å². The molecule has 1 rings (SSSR count). The van der Waals surface area contributed by atoms with Gasteiger partial charge in [-0.25, -0.2) is 0 Å². The van der Waals surface area contributed by atoms with Crippen LogP contribution in [-0.4, -0.2) is 25.1 Å². The first-order valence-corrected chi connectivity index (χ1v) is 7.15. The lowest BCUT2D eigenvalue weighted by molar-refractivity contribution is -0.118. The zero-order valence-corrected chi connectivity index (χ0v) is 13.6. The largest absolute Gasteiger partial charge is 0.497 e. The second-order valence-electron chi connectivity index (χ2n) is 5.93. The van der Waals surface area contributed by atoms with Gasteiger partial charge in [0.05, 0.1) is 7.11 Å². The van der Waals surface area contributed by atoms with Crippen LogP contribution in [0.4, 0.5) is 0 Å². The number of nitriles is 1. The fourth-order valence-corrected chi connectivity index (χ4v) is 1.78. The molecule has 0 unspecified atom stereocenters. The summed E-state index contributed by atoms with van der Waals surface area (Å²) in [5, 5.41) is 14.8. The zero-order valence-electron chi connectivity index (χ0n) is 13.6. The Bertz CT molecular complexity index is 580. The summed E-state index contributed by atoms with van der Waals surface area (Å²) in [7, 11) is 1.63. The number of carbonyl (C=O) groups is 1. The van der Waals surface area contributed by atoms with Crippen molar-refractivity contribution in [1.29, 1.82) is 5.26 Å². The van der Waals surface area contributed by atoms with Crippen molar-refractivity contribution in [2.75, 3.05) is 13.7 Å². The van der Waals surface area contributed by atoms with E-state index in [0.29, 0.717) is 6.54 Å². The molecule has 1 aromatic rings. The summed E-state index contributed by atoms with van der Waals surface area (Å²) >= 11 is 0. The molecule has 0 aliphatic rings. The first-order valence-electron chi connectivity index (χ1n) is 7.15. The maximum atomic E-state index is 11.9. The topological polar surface area (TPSA) is 74.1 Å². The van der Waals surface area contributed by atoms with E-state index in [2.05, 4.69) is 10.6 Å². The van der Waals surface area contributed by atoms with Gasteiger partial charge in [-0.1, -0.05) is 12.1 Å². The minimum Gasteiger partial charge on any atom is -0.497 e. The van der Waals surface area contributed by atoms with Crippen LogP contribution in [0.5, 0.6) is 5.75 Å². The third kappa shape index (κ3) is 6.31. The Kier molecular flexibility index (Phi) is 6.46. The summed E-state index contributed by atoms with van der Waals surface area (Å²) in [5.41, 5.74) is 0.826. The van der Waals surface area contributed by atoms with E-state index in [4.69, 9.17) is 10.00 Å². The van der Waals surface area contributed by atoms with E-state index in [1.807, 2.05) is 51.1 Å². The number of nitrogens with zero attached hydrogens (tertiary/aromatic N) is 1. The van der Waals surface area contributed by atoms with E-state index in [0.717, 1.165) is 17.7 Å². The van der Waals surface area contributed by atoms with E-state index in [1.165, 1.54) is 6.20 Å². The van der Waals surface area contributed by atoms with Gasteiger partial charge >= 0.3 is 0 Å². The normalized spacial score (nSPS) is 11.5. The minimum atomic E-state index is -0.371. The Morgan fingerprint density at radius 3 is 2.73 bits per heavy atom. The van der Waals surface area contributed by atoms with Crippen LogP contribution >= 0.6 is 0 Å². The van der Waals surface area contributed by atoms with Gasteiger partial charge in [0.1, 0.15) is 17.4 Å². The number of hydrogen-bond donors (Lipinski definition) is 2. The van der Waals surface area contributed by atoms with Crippen LogP contribution < -0.4 is 15.4 Å². The third-order valence-corrected chi connectivity index (χ3v) is 2.79. The van der Waals surface area contributed by atoms with E-state index in [-0.39, 0.29) is 17.0 Å². The van der Waals surface area contributed by atoms with E-state index >= 15 is 0 Å². The second kappa shape index (κ2) is 8.08. The van der Waals surface area contributed by atoms with Crippen LogP contribution in [0.1, 0.15) is 26.3 Å². The summed E-state index contributed by atoms with van der Waals surface area (Å²) in [5.74, 6) is 0.444. The summed E-state index contributed by atoms with van der Waals surface area (Å²) in [6.45, 7) is 6.24. The quantitative estimate of drug-likeness (QED) is 0.480. The number of methoxy groups -OCH3 is 1. The molecule has 5 heteroatoms. The van der Waals surface area contributed by atoms with Crippen molar-refractivity contribution < 1.29 is 9.53 Å². The lowest BCUT2D eigenvalue weighted by atomic mass is 10.1. The van der Waals surface area contributed by atoms with Gasteiger partial charge < -0.3 is 15.4 Å². The Morgan fingerprint density at radius 1 is 1.41 bits per heavy atom. The molecular formula is C17H23N3O2. The maximum absolute atomic E-state index is 11.9. The Labute approximate surface area is 132 Å². The molecule has 1 amide bonds. The van der Waals surface area contributed by atoms with Crippen molar-refractivity contribution in [3.05, 3.63) is 41.6 Å². The number of ether oxygens (including phenoxy) is 1. The number of rotatable bonds is 6. The molecule has 0 saturated heterocycles. The van der Waals surface area contributed by atoms with Gasteiger partial charge in [-0.3, -0.25) is 4.79 Å². The van der Waals surface area contributed by atoms with Crippen molar-refractivity contribution in [2.24, 2.45) is 0 Å². The first kappa shape index (κ1) is 17.6. The van der Waals surface area contributed by atoms with E-state index in [9.17, 15) is 4.79 Å². The standard InChI is InChI=1S/C17H23N3O2/c1-17(2,3)20-16(21)14(11-18)12-19-9-8-13-6-5-7-15(10-13)22-4/h5-7,10,12,19H,8-9H2,1-4H3,(H,20,21)/b14-12-. The predicted molar refractivity (Wildman–Crippen MR) is 86.3 cm³/mol. The molecular weight excluding hydrogens is 278 g/mol. The highest BCUT2D eigenvalue weighted by atomic mass is 16.5. The number of benzene rings is 1. The molecule has 2 N–H and O–H groups in total. The molecule has 1 aromatic carbocycles. The van der Waals surface area contributed by atoms with Crippen molar-refractivity contribution in [3.63, 3.8) is 0 Å². The summed E-state index contributed by atoms with van der Waals surface area (Å²) in [4.78, 5) is 11.9. The first-order chi connectivity index (χ1) is 10.4. The zero-order chi connectivity index (χ0) is 16.6. The molecule has 0 heterocycles. The van der Waals surface area contributed by atoms with Crippen LogP contribution in [0, 0.1) is 11.3 Å². The third-order valence-electron chi connectivity index (χ3n) is 2.79. The maximum Gasteiger partial charge on any atom is 0.263 e. The Hall–Kier alpha value is -2.48. The smallest absolute Gasteiger partial charge is 0.263 e. The molecule has 0 saturated carbocycles. The molecule has 0 fully saturated rings. The van der Waals surface area contributed by atoms with Crippen LogP contribution in [0.25, 0.3) is 0 Å². The van der Waals surface area contributed by atoms with Crippen LogP contribution in [0.3, 0.4) is 0 Å². The van der Waals surface area contributed by atoms with Gasteiger partial charge in [0.25, 0.3) is 5.91 Å². The number of amides is 1. The summed E-state index contributed by atoms with van der Waals surface area (Å²) in [6.07, 6.45) is 2.23. The molecule has 0 spiro atoms. The van der Waals surface area contributed by atoms with Crippen molar-refractivity contribution in [2.45, 2.75) is 32.7 Å². The fraction of sp³-hybridized carbons (Fsp3) is 0.412. The average molecular weight is 301 g/mol. The molecule has 0 aromatic heterocycles. The summed E-state index contributed by atoms with van der Waals surface area (Å²) < 4.78 is 5.17. The predicted octanol–water partition coefficient (Wildman–Crippen LogP) is 2.15. The van der Waals surface area contributed by atoms with Crippen molar-refractivity contribution >= 4 is 5.91 Å². The summed E-state index contributed by atoms with van der Waals surface area (Å²) in [6, 6.07) is 9.70. The lowest BCUT2D eigenvalue weighted by Crippen LogP contribution is -2.41. The molecule has 5 nitrogen and oxygen atoms in total. The molecule has 0 radical (unpaired) electrons. The minimum absolute atomic E-state index is 0.0700. The van der Waals surface area contributed by atoms with Gasteiger partial charge in [-0.15, -0.1) is 0 Å². The second-order valence-corrected chi connectivity index (χ2v) is 5.93. The number of nitrogens with one attached hydrogen (secondary N) is 2. The monoisotopic (exact) mass is 301 g/mol.